The summed E-state index contributed by atoms with van der Waals surface area (Å²) in [5, 5.41) is 12.1. The molecule has 0 aliphatic carbocycles. The molecule has 3 N–H and O–H groups in total. The third-order valence-corrected chi connectivity index (χ3v) is 3.07. The van der Waals surface area contributed by atoms with E-state index in [9.17, 15) is 4.39 Å². The van der Waals surface area contributed by atoms with Gasteiger partial charge in [-0.15, -0.1) is 5.10 Å². The molecule has 8 heteroatoms. The summed E-state index contributed by atoms with van der Waals surface area (Å²) < 4.78 is 13.5. The Balaban J connectivity index is 1.92. The van der Waals surface area contributed by atoms with Crippen LogP contribution >= 0.6 is 23.2 Å². The fourth-order valence-corrected chi connectivity index (χ4v) is 1.79. The molecule has 2 rings (SSSR count). The van der Waals surface area contributed by atoms with E-state index in [4.69, 9.17) is 28.9 Å². The monoisotopic (exact) mass is 351 g/mol. The number of hydrogen-bond acceptors (Lipinski definition) is 3. The molecule has 118 valence electrons. The van der Waals surface area contributed by atoms with Gasteiger partial charge in [-0.25, -0.2) is 9.82 Å². The first-order chi connectivity index (χ1) is 11.0. The maximum atomic E-state index is 13.5. The van der Waals surface area contributed by atoms with Gasteiger partial charge >= 0.3 is 0 Å². The van der Waals surface area contributed by atoms with Gasteiger partial charge in [0.25, 0.3) is 0 Å². The molecule has 0 unspecified atom stereocenters. The molecule has 2 aromatic rings. The first kappa shape index (κ1) is 16.9. The van der Waals surface area contributed by atoms with E-state index in [0.717, 1.165) is 5.56 Å². The van der Waals surface area contributed by atoms with Crippen molar-refractivity contribution in [2.45, 2.75) is 0 Å². The summed E-state index contributed by atoms with van der Waals surface area (Å²) in [4.78, 5) is 0. The third kappa shape index (κ3) is 5.69. The van der Waals surface area contributed by atoms with E-state index in [2.05, 4.69) is 20.7 Å². The predicted molar refractivity (Wildman–Crippen MR) is 92.8 cm³/mol. The van der Waals surface area contributed by atoms with Crippen molar-refractivity contribution in [3.63, 3.8) is 0 Å². The van der Waals surface area contributed by atoms with Crippen molar-refractivity contribution in [2.75, 3.05) is 0 Å². The van der Waals surface area contributed by atoms with Crippen LogP contribution in [0.2, 0.25) is 10.0 Å². The Morgan fingerprint density at radius 1 is 1.04 bits per heavy atom. The first-order valence-electron chi connectivity index (χ1n) is 6.41. The summed E-state index contributed by atoms with van der Waals surface area (Å²) >= 11 is 11.4. The molecule has 23 heavy (non-hydrogen) atoms. The standard InChI is InChI=1S/C15H12Cl2FN5/c16-12-4-1-10(2-5-12)8-20-22-15(19)23-21-9-11-3-6-13(17)7-14(11)18/h1-9H,(H3,19,22,23)/b20-8+,21-9+. The van der Waals surface area contributed by atoms with Crippen molar-refractivity contribution >= 4 is 41.6 Å². The zero-order valence-corrected chi connectivity index (χ0v) is 13.3. The Morgan fingerprint density at radius 2 is 1.74 bits per heavy atom. The minimum atomic E-state index is -0.497. The topological polar surface area (TPSA) is 75.1 Å². The molecule has 0 atom stereocenters. The van der Waals surface area contributed by atoms with E-state index in [-0.39, 0.29) is 11.5 Å². The predicted octanol–water partition coefficient (Wildman–Crippen LogP) is 3.40. The second-order valence-corrected chi connectivity index (χ2v) is 5.19. The van der Waals surface area contributed by atoms with Crippen molar-refractivity contribution in [1.82, 2.24) is 5.43 Å². The Labute approximate surface area is 142 Å². The second-order valence-electron chi connectivity index (χ2n) is 4.32. The SMILES string of the molecule is N/C(=N\N=C\c1ccc(Cl)cc1F)N/N=C/c1ccc(Cl)cc1. The van der Waals surface area contributed by atoms with E-state index < -0.39 is 5.82 Å². The number of guanidine groups is 1. The van der Waals surface area contributed by atoms with E-state index in [0.29, 0.717) is 10.0 Å². The number of halogens is 3. The van der Waals surface area contributed by atoms with Gasteiger partial charge in [-0.3, -0.25) is 0 Å². The van der Waals surface area contributed by atoms with Crippen LogP contribution < -0.4 is 11.2 Å². The summed E-state index contributed by atoms with van der Waals surface area (Å²) in [6.45, 7) is 0. The average molecular weight is 352 g/mol. The highest BCUT2D eigenvalue weighted by Gasteiger charge is 1.99. The van der Waals surface area contributed by atoms with Gasteiger partial charge in [-0.2, -0.15) is 10.2 Å². The highest BCUT2D eigenvalue weighted by molar-refractivity contribution is 6.30. The number of nitrogens with one attached hydrogen (secondary N) is 1. The maximum Gasteiger partial charge on any atom is 0.234 e. The molecule has 0 amide bonds. The van der Waals surface area contributed by atoms with Crippen LogP contribution in [0, 0.1) is 5.82 Å². The van der Waals surface area contributed by atoms with Crippen LogP contribution in [0.15, 0.2) is 57.8 Å². The Bertz CT molecular complexity index is 757. The molecular weight excluding hydrogens is 340 g/mol. The fraction of sp³-hybridized carbons (Fsp3) is 0. The summed E-state index contributed by atoms with van der Waals surface area (Å²) in [5.41, 5.74) is 9.14. The summed E-state index contributed by atoms with van der Waals surface area (Å²) in [6, 6.07) is 11.3. The molecule has 0 heterocycles. The van der Waals surface area contributed by atoms with Gasteiger partial charge in [0.15, 0.2) is 0 Å². The zero-order valence-electron chi connectivity index (χ0n) is 11.7. The van der Waals surface area contributed by atoms with Gasteiger partial charge in [-0.1, -0.05) is 35.3 Å². The van der Waals surface area contributed by atoms with Crippen molar-refractivity contribution in [3.05, 3.63) is 69.5 Å². The van der Waals surface area contributed by atoms with Gasteiger partial charge < -0.3 is 5.73 Å². The van der Waals surface area contributed by atoms with Gasteiger partial charge in [-0.05, 0) is 35.9 Å². The minimum absolute atomic E-state index is 0.0409. The zero-order chi connectivity index (χ0) is 16.7. The summed E-state index contributed by atoms with van der Waals surface area (Å²) in [6.07, 6.45) is 2.77. The molecule has 2 aromatic carbocycles. The largest absolute Gasteiger partial charge is 0.367 e. The number of benzene rings is 2. The van der Waals surface area contributed by atoms with Crippen molar-refractivity contribution < 1.29 is 4.39 Å². The number of hydrogen-bond donors (Lipinski definition) is 2. The van der Waals surface area contributed by atoms with Crippen LogP contribution in [0.25, 0.3) is 0 Å². The van der Waals surface area contributed by atoms with Crippen LogP contribution in [-0.4, -0.2) is 18.4 Å². The summed E-state index contributed by atoms with van der Waals surface area (Å²) in [5.74, 6) is -0.537. The first-order valence-corrected chi connectivity index (χ1v) is 7.16. The molecule has 0 bridgehead atoms. The lowest BCUT2D eigenvalue weighted by Crippen LogP contribution is -2.26. The van der Waals surface area contributed by atoms with Gasteiger partial charge in [0.2, 0.25) is 5.96 Å². The molecule has 0 spiro atoms. The van der Waals surface area contributed by atoms with Crippen molar-refractivity contribution in [2.24, 2.45) is 21.0 Å². The molecular formula is C15H12Cl2FN5. The number of hydrazone groups is 1. The molecule has 0 radical (unpaired) electrons. The number of nitrogens with two attached hydrogens (primary N) is 1. The molecule has 0 saturated heterocycles. The molecule has 0 aliphatic rings. The highest BCUT2D eigenvalue weighted by Crippen LogP contribution is 2.13. The Hall–Kier alpha value is -2.44. The van der Waals surface area contributed by atoms with E-state index in [1.807, 2.05) is 0 Å². The van der Waals surface area contributed by atoms with E-state index in [1.54, 1.807) is 36.5 Å². The second kappa shape index (κ2) is 8.26. The highest BCUT2D eigenvalue weighted by atomic mass is 35.5. The quantitative estimate of drug-likeness (QED) is 0.503. The lowest BCUT2D eigenvalue weighted by atomic mass is 10.2. The third-order valence-electron chi connectivity index (χ3n) is 2.59. The van der Waals surface area contributed by atoms with Crippen LogP contribution in [0.3, 0.4) is 0 Å². The molecule has 0 fully saturated rings. The van der Waals surface area contributed by atoms with Gasteiger partial charge in [0, 0.05) is 15.6 Å². The molecule has 5 nitrogen and oxygen atoms in total. The number of rotatable bonds is 4. The lowest BCUT2D eigenvalue weighted by Gasteiger charge is -1.97. The molecule has 0 saturated carbocycles. The molecule has 0 aliphatic heterocycles. The molecule has 0 aromatic heterocycles. The van der Waals surface area contributed by atoms with Crippen molar-refractivity contribution in [1.29, 1.82) is 0 Å². The van der Waals surface area contributed by atoms with E-state index in [1.165, 1.54) is 18.3 Å². The van der Waals surface area contributed by atoms with Crippen molar-refractivity contribution in [3.8, 4) is 0 Å². The van der Waals surface area contributed by atoms with Crippen LogP contribution in [0.5, 0.6) is 0 Å². The van der Waals surface area contributed by atoms with Gasteiger partial charge in [0.1, 0.15) is 5.82 Å². The maximum absolute atomic E-state index is 13.5. The van der Waals surface area contributed by atoms with Gasteiger partial charge in [0.05, 0.1) is 12.4 Å². The average Bonchev–Trinajstić information content (AvgIpc) is 2.51. The van der Waals surface area contributed by atoms with Crippen LogP contribution in [0.4, 0.5) is 4.39 Å². The summed E-state index contributed by atoms with van der Waals surface area (Å²) in [7, 11) is 0. The normalized spacial score (nSPS) is 12.2. The Morgan fingerprint density at radius 3 is 2.43 bits per heavy atom. The van der Waals surface area contributed by atoms with Crippen LogP contribution in [0.1, 0.15) is 11.1 Å². The van der Waals surface area contributed by atoms with Crippen LogP contribution in [-0.2, 0) is 0 Å². The number of nitrogens with zero attached hydrogens (tertiary/aromatic N) is 3. The lowest BCUT2D eigenvalue weighted by molar-refractivity contribution is 0.626. The Kier molecular flexibility index (Phi) is 6.08. The smallest absolute Gasteiger partial charge is 0.234 e. The van der Waals surface area contributed by atoms with E-state index >= 15 is 0 Å². The fourth-order valence-electron chi connectivity index (χ4n) is 1.50. The minimum Gasteiger partial charge on any atom is -0.367 e.